The second kappa shape index (κ2) is 10.4. The number of pyridine rings is 2. The lowest BCUT2D eigenvalue weighted by Gasteiger charge is -2.23. The molecule has 0 saturated carbocycles. The lowest BCUT2D eigenvalue weighted by atomic mass is 10.1. The summed E-state index contributed by atoms with van der Waals surface area (Å²) in [7, 11) is 0. The van der Waals surface area contributed by atoms with Gasteiger partial charge in [-0.25, -0.2) is 9.37 Å². The fourth-order valence-corrected chi connectivity index (χ4v) is 4.54. The molecule has 4 aromatic rings. The highest BCUT2D eigenvalue weighted by Crippen LogP contribution is 2.27. The zero-order valence-electron chi connectivity index (χ0n) is 19.8. The average molecular weight is 537 g/mol. The maximum absolute atomic E-state index is 14.4. The summed E-state index contributed by atoms with van der Waals surface area (Å²) >= 11 is 5.87. The Balaban J connectivity index is 1.38. The van der Waals surface area contributed by atoms with Gasteiger partial charge in [0.1, 0.15) is 29.7 Å². The van der Waals surface area contributed by atoms with Gasteiger partial charge in [0.2, 0.25) is 11.8 Å². The molecule has 0 bridgehead atoms. The van der Waals surface area contributed by atoms with Crippen LogP contribution in [0.4, 0.5) is 21.6 Å². The van der Waals surface area contributed by atoms with Crippen molar-refractivity contribution in [2.45, 2.75) is 25.2 Å². The number of amides is 3. The Morgan fingerprint density at radius 1 is 1.13 bits per heavy atom. The number of nitrogens with one attached hydrogen (secondary N) is 2. The molecule has 2 atom stereocenters. The molecular formula is C25H22ClFN8O3. The molecule has 0 spiro atoms. The molecular weight excluding hydrogens is 515 g/mol. The lowest BCUT2D eigenvalue weighted by molar-refractivity contribution is -0.137. The predicted molar refractivity (Wildman–Crippen MR) is 139 cm³/mol. The van der Waals surface area contributed by atoms with Crippen LogP contribution in [0.1, 0.15) is 16.9 Å². The second-order valence-corrected chi connectivity index (χ2v) is 9.09. The fourth-order valence-electron chi connectivity index (χ4n) is 4.38. The van der Waals surface area contributed by atoms with Crippen molar-refractivity contribution in [1.29, 1.82) is 0 Å². The Morgan fingerprint density at radius 3 is 2.71 bits per heavy atom. The van der Waals surface area contributed by atoms with Crippen LogP contribution in [0, 0.1) is 0 Å². The van der Waals surface area contributed by atoms with E-state index in [9.17, 15) is 18.8 Å². The van der Waals surface area contributed by atoms with Gasteiger partial charge in [-0.3, -0.25) is 24.0 Å². The van der Waals surface area contributed by atoms with Crippen LogP contribution in [0.15, 0.2) is 60.9 Å². The Labute approximate surface area is 220 Å². The molecule has 38 heavy (non-hydrogen) atoms. The van der Waals surface area contributed by atoms with Crippen LogP contribution in [-0.2, 0) is 16.1 Å². The van der Waals surface area contributed by atoms with Crippen LogP contribution in [0.5, 0.6) is 0 Å². The van der Waals surface area contributed by atoms with Crippen molar-refractivity contribution in [2.75, 3.05) is 17.2 Å². The number of likely N-dealkylation sites (tertiary alicyclic amines) is 1. The average Bonchev–Trinajstić information content (AvgIpc) is 3.45. The number of hydrogen-bond donors (Lipinski definition) is 3. The summed E-state index contributed by atoms with van der Waals surface area (Å²) in [5, 5.41) is 10.6. The maximum atomic E-state index is 14.4. The molecule has 1 aromatic carbocycles. The number of anilines is 3. The third kappa shape index (κ3) is 5.25. The summed E-state index contributed by atoms with van der Waals surface area (Å²) in [4.78, 5) is 47.5. The molecule has 0 radical (unpaired) electrons. The van der Waals surface area contributed by atoms with E-state index in [4.69, 9.17) is 17.3 Å². The number of hydrogen-bond acceptors (Lipinski definition) is 7. The molecule has 1 aliphatic rings. The Hall–Kier alpha value is -4.58. The number of benzene rings is 1. The lowest BCUT2D eigenvalue weighted by Crippen LogP contribution is -2.44. The molecule has 0 unspecified atom stereocenters. The van der Waals surface area contributed by atoms with Crippen LogP contribution < -0.4 is 16.4 Å². The van der Waals surface area contributed by atoms with Gasteiger partial charge in [-0.15, -0.1) is 0 Å². The van der Waals surface area contributed by atoms with Gasteiger partial charge in [0.15, 0.2) is 5.69 Å². The number of aromatic nitrogens is 4. The molecule has 3 aromatic heterocycles. The highest BCUT2D eigenvalue weighted by molar-refractivity contribution is 6.29. The van der Waals surface area contributed by atoms with Gasteiger partial charge >= 0.3 is 0 Å². The number of alkyl halides is 1. The number of nitrogens with two attached hydrogens (primary N) is 1. The number of rotatable bonds is 7. The topological polar surface area (TPSA) is 148 Å². The first-order chi connectivity index (χ1) is 18.3. The molecule has 0 aliphatic carbocycles. The molecule has 4 heterocycles. The van der Waals surface area contributed by atoms with E-state index >= 15 is 0 Å². The summed E-state index contributed by atoms with van der Waals surface area (Å²) in [6.45, 7) is -0.577. The third-order valence-electron chi connectivity index (χ3n) is 6.06. The smallest absolute Gasteiger partial charge is 0.269 e. The number of nitrogens with zero attached hydrogens (tertiary/aromatic N) is 5. The van der Waals surface area contributed by atoms with Gasteiger partial charge in [-0.1, -0.05) is 17.7 Å². The van der Waals surface area contributed by atoms with Gasteiger partial charge < -0.3 is 21.3 Å². The monoisotopic (exact) mass is 536 g/mol. The van der Waals surface area contributed by atoms with Crippen LogP contribution in [0.3, 0.4) is 0 Å². The number of fused-ring (bicyclic) bond motifs is 1. The minimum absolute atomic E-state index is 0.0197. The van der Waals surface area contributed by atoms with Crippen molar-refractivity contribution in [1.82, 2.24) is 24.6 Å². The summed E-state index contributed by atoms with van der Waals surface area (Å²) in [6, 6.07) is 12.4. The number of carbonyl (C=O) groups excluding carboxylic acids is 3. The van der Waals surface area contributed by atoms with Crippen LogP contribution in [0.25, 0.3) is 10.9 Å². The van der Waals surface area contributed by atoms with Gasteiger partial charge in [-0.2, -0.15) is 5.10 Å². The van der Waals surface area contributed by atoms with Crippen molar-refractivity contribution in [3.05, 3.63) is 71.8 Å². The van der Waals surface area contributed by atoms with Crippen molar-refractivity contribution in [3.8, 4) is 0 Å². The first-order valence-corrected chi connectivity index (χ1v) is 12.0. The Kier molecular flexibility index (Phi) is 6.88. The van der Waals surface area contributed by atoms with Crippen LogP contribution in [0.2, 0.25) is 5.15 Å². The molecule has 3 amide bonds. The van der Waals surface area contributed by atoms with Crippen molar-refractivity contribution in [2.24, 2.45) is 5.73 Å². The van der Waals surface area contributed by atoms with Gasteiger partial charge in [0.25, 0.3) is 5.91 Å². The van der Waals surface area contributed by atoms with E-state index in [2.05, 4.69) is 25.7 Å². The van der Waals surface area contributed by atoms with Crippen molar-refractivity contribution in [3.63, 3.8) is 0 Å². The highest BCUT2D eigenvalue weighted by atomic mass is 35.5. The summed E-state index contributed by atoms with van der Waals surface area (Å²) in [5.74, 6) is -1.70. The number of halogens is 2. The second-order valence-electron chi connectivity index (χ2n) is 8.70. The fraction of sp³-hybridized carbons (Fsp3) is 0.200. The van der Waals surface area contributed by atoms with Gasteiger partial charge in [0.05, 0.1) is 23.9 Å². The minimum atomic E-state index is -1.38. The van der Waals surface area contributed by atoms with Gasteiger partial charge in [-0.05, 0) is 42.5 Å². The summed E-state index contributed by atoms with van der Waals surface area (Å²) in [5.41, 5.74) is 7.41. The van der Waals surface area contributed by atoms with E-state index in [1.807, 2.05) is 6.07 Å². The van der Waals surface area contributed by atoms with E-state index in [-0.39, 0.29) is 36.2 Å². The first-order valence-electron chi connectivity index (χ1n) is 11.6. The minimum Gasteiger partial charge on any atom is -0.364 e. The normalized spacial score (nSPS) is 16.9. The van der Waals surface area contributed by atoms with E-state index in [0.29, 0.717) is 16.6 Å². The van der Waals surface area contributed by atoms with Crippen LogP contribution in [-0.4, -0.2) is 61.1 Å². The van der Waals surface area contributed by atoms with E-state index in [0.717, 1.165) is 5.69 Å². The van der Waals surface area contributed by atoms with E-state index < -0.39 is 29.9 Å². The molecule has 11 nitrogen and oxygen atoms in total. The molecule has 4 N–H and O–H groups in total. The van der Waals surface area contributed by atoms with Crippen molar-refractivity contribution < 1.29 is 18.8 Å². The quantitative estimate of drug-likeness (QED) is 0.307. The first kappa shape index (κ1) is 25.1. The Bertz CT molecular complexity index is 1530. The number of carbonyl (C=O) groups is 3. The zero-order chi connectivity index (χ0) is 26.8. The maximum Gasteiger partial charge on any atom is 0.269 e. The third-order valence-corrected chi connectivity index (χ3v) is 6.27. The number of primary amides is 1. The van der Waals surface area contributed by atoms with Gasteiger partial charge in [0, 0.05) is 23.7 Å². The Morgan fingerprint density at radius 2 is 1.97 bits per heavy atom. The van der Waals surface area contributed by atoms with E-state index in [1.54, 1.807) is 48.8 Å². The predicted octanol–water partition coefficient (Wildman–Crippen LogP) is 2.90. The molecule has 1 saturated heterocycles. The molecule has 1 aliphatic heterocycles. The summed E-state index contributed by atoms with van der Waals surface area (Å²) in [6.07, 6.45) is 1.76. The summed E-state index contributed by atoms with van der Waals surface area (Å²) < 4.78 is 15.7. The SMILES string of the molecule is NC(=O)c1nn(CC(=O)N2C[C@H](F)C[C@H]2C(=O)Nc2cccc(Cl)n2)c2ccc(Nc3cccnc3)cc12. The van der Waals surface area contributed by atoms with Crippen LogP contribution >= 0.6 is 11.6 Å². The largest absolute Gasteiger partial charge is 0.364 e. The van der Waals surface area contributed by atoms with E-state index in [1.165, 1.54) is 15.6 Å². The highest BCUT2D eigenvalue weighted by Gasteiger charge is 2.40. The van der Waals surface area contributed by atoms with Crippen molar-refractivity contribution >= 4 is 57.4 Å². The molecule has 13 heteroatoms. The molecule has 194 valence electrons. The standard InChI is InChI=1S/C25H22ClFN8O3/c26-20-4-1-5-21(31-20)32-25(38)19-9-14(27)12-34(19)22(36)13-35-18-7-6-15(30-16-3-2-8-29-11-16)10-17(18)23(33-35)24(28)37/h1-8,10-11,14,19,30H,9,12-13H2,(H2,28,37)(H,31,32,38)/t14-,19+/m1/s1. The zero-order valence-corrected chi connectivity index (χ0v) is 20.6. The molecule has 1 fully saturated rings. The molecule has 5 rings (SSSR count).